The van der Waals surface area contributed by atoms with Gasteiger partial charge in [0.25, 0.3) is 5.91 Å². The molecule has 0 spiro atoms. The van der Waals surface area contributed by atoms with Crippen LogP contribution in [0.25, 0.3) is 0 Å². The fourth-order valence-electron chi connectivity index (χ4n) is 1.67. The van der Waals surface area contributed by atoms with Gasteiger partial charge in [0.2, 0.25) is 5.91 Å². The van der Waals surface area contributed by atoms with Gasteiger partial charge in [-0.05, 0) is 18.2 Å². The Bertz CT molecular complexity index is 509. The summed E-state index contributed by atoms with van der Waals surface area (Å²) in [6.45, 7) is 2.77. The monoisotopic (exact) mass is 300 g/mol. The SMILES string of the molecule is COCCN(CCNC(=O)c1ccc(F)c(F)c1)C(C)=O. The number of methoxy groups -OCH3 is 1. The fourth-order valence-corrected chi connectivity index (χ4v) is 1.67. The van der Waals surface area contributed by atoms with Crippen LogP contribution in [-0.2, 0) is 9.53 Å². The van der Waals surface area contributed by atoms with Crippen LogP contribution in [0.4, 0.5) is 8.78 Å². The molecular weight excluding hydrogens is 282 g/mol. The van der Waals surface area contributed by atoms with Crippen molar-refractivity contribution in [3.63, 3.8) is 0 Å². The van der Waals surface area contributed by atoms with E-state index in [-0.39, 0.29) is 18.0 Å². The van der Waals surface area contributed by atoms with Crippen LogP contribution in [0.3, 0.4) is 0 Å². The average molecular weight is 300 g/mol. The van der Waals surface area contributed by atoms with Crippen molar-refractivity contribution in [2.24, 2.45) is 0 Å². The van der Waals surface area contributed by atoms with E-state index in [0.29, 0.717) is 19.7 Å². The third kappa shape index (κ3) is 5.47. The normalized spacial score (nSPS) is 10.3. The minimum absolute atomic E-state index is 0.0279. The molecule has 0 atom stereocenters. The van der Waals surface area contributed by atoms with E-state index in [1.165, 1.54) is 25.0 Å². The largest absolute Gasteiger partial charge is 0.383 e. The lowest BCUT2D eigenvalue weighted by molar-refractivity contribution is -0.129. The molecule has 0 aliphatic carbocycles. The molecule has 0 bridgehead atoms. The molecule has 0 unspecified atom stereocenters. The molecule has 5 nitrogen and oxygen atoms in total. The molecule has 0 heterocycles. The van der Waals surface area contributed by atoms with Crippen molar-refractivity contribution < 1.29 is 23.1 Å². The lowest BCUT2D eigenvalue weighted by Crippen LogP contribution is -2.39. The van der Waals surface area contributed by atoms with Gasteiger partial charge < -0.3 is 15.0 Å². The number of carbonyl (C=O) groups is 2. The molecule has 1 aromatic rings. The van der Waals surface area contributed by atoms with Crippen LogP contribution >= 0.6 is 0 Å². The summed E-state index contributed by atoms with van der Waals surface area (Å²) in [5.41, 5.74) is 0.0279. The molecule has 1 rings (SSSR count). The van der Waals surface area contributed by atoms with Crippen LogP contribution in [0.5, 0.6) is 0 Å². The van der Waals surface area contributed by atoms with Gasteiger partial charge >= 0.3 is 0 Å². The number of halogens is 2. The van der Waals surface area contributed by atoms with Crippen LogP contribution in [0.1, 0.15) is 17.3 Å². The van der Waals surface area contributed by atoms with E-state index in [9.17, 15) is 18.4 Å². The minimum Gasteiger partial charge on any atom is -0.383 e. The van der Waals surface area contributed by atoms with Gasteiger partial charge in [0.1, 0.15) is 0 Å². The van der Waals surface area contributed by atoms with E-state index in [4.69, 9.17) is 4.74 Å². The molecule has 7 heteroatoms. The van der Waals surface area contributed by atoms with Gasteiger partial charge in [0, 0.05) is 39.2 Å². The van der Waals surface area contributed by atoms with Crippen LogP contribution in [-0.4, -0.2) is 50.1 Å². The predicted molar refractivity (Wildman–Crippen MR) is 72.8 cm³/mol. The highest BCUT2D eigenvalue weighted by atomic mass is 19.2. The third-order valence-electron chi connectivity index (χ3n) is 2.86. The first-order valence-corrected chi connectivity index (χ1v) is 6.43. The Morgan fingerprint density at radius 1 is 1.24 bits per heavy atom. The number of hydrogen-bond donors (Lipinski definition) is 1. The van der Waals surface area contributed by atoms with Gasteiger partial charge in [0.05, 0.1) is 6.61 Å². The summed E-state index contributed by atoms with van der Waals surface area (Å²) in [5, 5.41) is 2.54. The zero-order chi connectivity index (χ0) is 15.8. The average Bonchev–Trinajstić information content (AvgIpc) is 2.44. The number of rotatable bonds is 7. The van der Waals surface area contributed by atoms with E-state index < -0.39 is 17.5 Å². The molecule has 0 saturated carbocycles. The Labute approximate surface area is 121 Å². The minimum atomic E-state index is -1.08. The molecule has 0 aromatic heterocycles. The fraction of sp³-hybridized carbons (Fsp3) is 0.429. The van der Waals surface area contributed by atoms with Gasteiger partial charge in [-0.15, -0.1) is 0 Å². The Morgan fingerprint density at radius 2 is 1.95 bits per heavy atom. The maximum Gasteiger partial charge on any atom is 0.251 e. The van der Waals surface area contributed by atoms with Crippen LogP contribution < -0.4 is 5.32 Å². The lowest BCUT2D eigenvalue weighted by Gasteiger charge is -2.20. The molecule has 0 radical (unpaired) electrons. The second kappa shape index (κ2) is 8.31. The number of hydrogen-bond acceptors (Lipinski definition) is 3. The Balaban J connectivity index is 2.48. The summed E-state index contributed by atoms with van der Waals surface area (Å²) in [6.07, 6.45) is 0. The molecule has 116 valence electrons. The molecule has 1 N–H and O–H groups in total. The zero-order valence-electron chi connectivity index (χ0n) is 12.0. The third-order valence-corrected chi connectivity index (χ3v) is 2.86. The maximum absolute atomic E-state index is 13.0. The zero-order valence-corrected chi connectivity index (χ0v) is 12.0. The second-order valence-electron chi connectivity index (χ2n) is 4.38. The van der Waals surface area contributed by atoms with Crippen LogP contribution in [0, 0.1) is 11.6 Å². The maximum atomic E-state index is 13.0. The van der Waals surface area contributed by atoms with Gasteiger partial charge in [-0.2, -0.15) is 0 Å². The summed E-state index contributed by atoms with van der Waals surface area (Å²) in [4.78, 5) is 24.6. The number of ether oxygens (including phenoxy) is 1. The van der Waals surface area contributed by atoms with Crippen molar-refractivity contribution in [1.29, 1.82) is 0 Å². The van der Waals surface area contributed by atoms with E-state index >= 15 is 0 Å². The van der Waals surface area contributed by atoms with Crippen molar-refractivity contribution in [2.45, 2.75) is 6.92 Å². The second-order valence-corrected chi connectivity index (χ2v) is 4.38. The first-order chi connectivity index (χ1) is 9.95. The number of nitrogens with one attached hydrogen (secondary N) is 1. The van der Waals surface area contributed by atoms with E-state index in [1.54, 1.807) is 0 Å². The first-order valence-electron chi connectivity index (χ1n) is 6.43. The quantitative estimate of drug-likeness (QED) is 0.823. The summed E-state index contributed by atoms with van der Waals surface area (Å²) < 4.78 is 30.7. The predicted octanol–water partition coefficient (Wildman–Crippen LogP) is 1.19. The summed E-state index contributed by atoms with van der Waals surface area (Å²) in [5.74, 6) is -2.74. The molecular formula is C14H18F2N2O3. The topological polar surface area (TPSA) is 58.6 Å². The van der Waals surface area contributed by atoms with Gasteiger partial charge in [-0.25, -0.2) is 8.78 Å². The van der Waals surface area contributed by atoms with Crippen molar-refractivity contribution in [3.05, 3.63) is 35.4 Å². The first kappa shape index (κ1) is 17.0. The standard InChI is InChI=1S/C14H18F2N2O3/c1-10(19)18(7-8-21-2)6-5-17-14(20)11-3-4-12(15)13(16)9-11/h3-4,9H,5-8H2,1-2H3,(H,17,20). The number of nitrogens with zero attached hydrogens (tertiary/aromatic N) is 1. The summed E-state index contributed by atoms with van der Waals surface area (Å²) in [7, 11) is 1.53. The molecule has 0 fully saturated rings. The van der Waals surface area contributed by atoms with Crippen LogP contribution in [0.15, 0.2) is 18.2 Å². The highest BCUT2D eigenvalue weighted by molar-refractivity contribution is 5.94. The van der Waals surface area contributed by atoms with Crippen molar-refractivity contribution in [1.82, 2.24) is 10.2 Å². The smallest absolute Gasteiger partial charge is 0.251 e. The van der Waals surface area contributed by atoms with Gasteiger partial charge in [-0.1, -0.05) is 0 Å². The van der Waals surface area contributed by atoms with E-state index in [1.807, 2.05) is 0 Å². The molecule has 0 saturated heterocycles. The molecule has 21 heavy (non-hydrogen) atoms. The van der Waals surface area contributed by atoms with Crippen molar-refractivity contribution in [3.8, 4) is 0 Å². The summed E-state index contributed by atoms with van der Waals surface area (Å²) >= 11 is 0. The molecule has 0 aliphatic heterocycles. The van der Waals surface area contributed by atoms with Crippen LogP contribution in [0.2, 0.25) is 0 Å². The van der Waals surface area contributed by atoms with Crippen molar-refractivity contribution >= 4 is 11.8 Å². The highest BCUT2D eigenvalue weighted by Crippen LogP contribution is 2.08. The number of amides is 2. The number of benzene rings is 1. The molecule has 1 aromatic carbocycles. The Hall–Kier alpha value is -2.02. The van der Waals surface area contributed by atoms with E-state index in [2.05, 4.69) is 5.32 Å². The molecule has 2 amide bonds. The van der Waals surface area contributed by atoms with Gasteiger partial charge in [0.15, 0.2) is 11.6 Å². The van der Waals surface area contributed by atoms with Gasteiger partial charge in [-0.3, -0.25) is 9.59 Å². The molecule has 0 aliphatic rings. The van der Waals surface area contributed by atoms with E-state index in [0.717, 1.165) is 12.1 Å². The Morgan fingerprint density at radius 3 is 2.52 bits per heavy atom. The highest BCUT2D eigenvalue weighted by Gasteiger charge is 2.11. The number of carbonyl (C=O) groups excluding carboxylic acids is 2. The Kier molecular flexibility index (Phi) is 6.74. The summed E-state index contributed by atoms with van der Waals surface area (Å²) in [6, 6.07) is 2.92. The lowest BCUT2D eigenvalue weighted by atomic mass is 10.2. The van der Waals surface area contributed by atoms with Crippen molar-refractivity contribution in [2.75, 3.05) is 33.4 Å².